The van der Waals surface area contributed by atoms with Gasteiger partial charge in [-0.05, 0) is 39.8 Å². The molecule has 0 bridgehead atoms. The predicted octanol–water partition coefficient (Wildman–Crippen LogP) is 2.11. The summed E-state index contributed by atoms with van der Waals surface area (Å²) in [6.45, 7) is 7.34. The third kappa shape index (κ3) is 3.34. The smallest absolute Gasteiger partial charge is 0.408 e. The van der Waals surface area contributed by atoms with Gasteiger partial charge >= 0.3 is 6.09 Å². The van der Waals surface area contributed by atoms with Crippen LogP contribution in [0.3, 0.4) is 0 Å². The fourth-order valence-corrected chi connectivity index (χ4v) is 2.12. The number of rotatable bonds is 3. The standard InChI is InChI=1S/C15H18N6O3/c1-9-17-13(24-20-9)10-6-5-7-21-11(18-19-12(10)21)8-16-14(22)23-15(2,3)4/h5-7H,8H2,1-4H3,(H,16,22). The maximum atomic E-state index is 11.8. The molecule has 3 heterocycles. The van der Waals surface area contributed by atoms with E-state index >= 15 is 0 Å². The first-order valence-electron chi connectivity index (χ1n) is 7.43. The van der Waals surface area contributed by atoms with Crippen LogP contribution in [-0.4, -0.2) is 36.4 Å². The molecule has 24 heavy (non-hydrogen) atoms. The summed E-state index contributed by atoms with van der Waals surface area (Å²) >= 11 is 0. The highest BCUT2D eigenvalue weighted by Crippen LogP contribution is 2.22. The van der Waals surface area contributed by atoms with Gasteiger partial charge in [0.2, 0.25) is 0 Å². The Labute approximate surface area is 138 Å². The maximum absolute atomic E-state index is 11.8. The summed E-state index contributed by atoms with van der Waals surface area (Å²) in [5.41, 5.74) is 0.691. The molecule has 126 valence electrons. The molecule has 3 aromatic heterocycles. The monoisotopic (exact) mass is 330 g/mol. The molecule has 0 spiro atoms. The van der Waals surface area contributed by atoms with Gasteiger partial charge in [-0.3, -0.25) is 4.40 Å². The van der Waals surface area contributed by atoms with Gasteiger partial charge in [0.15, 0.2) is 17.3 Å². The normalized spacial score (nSPS) is 11.7. The van der Waals surface area contributed by atoms with Gasteiger partial charge in [-0.15, -0.1) is 10.2 Å². The number of carbonyl (C=O) groups excluding carboxylic acids is 1. The van der Waals surface area contributed by atoms with Crippen LogP contribution in [0.2, 0.25) is 0 Å². The van der Waals surface area contributed by atoms with Crippen molar-refractivity contribution in [2.75, 3.05) is 0 Å². The van der Waals surface area contributed by atoms with E-state index in [1.165, 1.54) is 0 Å². The molecule has 0 saturated heterocycles. The van der Waals surface area contributed by atoms with Crippen LogP contribution in [-0.2, 0) is 11.3 Å². The lowest BCUT2D eigenvalue weighted by Gasteiger charge is -2.19. The minimum atomic E-state index is -0.556. The lowest BCUT2D eigenvalue weighted by Crippen LogP contribution is -2.32. The van der Waals surface area contributed by atoms with Crippen LogP contribution in [0.4, 0.5) is 4.79 Å². The molecule has 9 heteroatoms. The Bertz CT molecular complexity index is 877. The van der Waals surface area contributed by atoms with Crippen LogP contribution < -0.4 is 5.32 Å². The number of aromatic nitrogens is 5. The second-order valence-electron chi connectivity index (χ2n) is 6.23. The Kier molecular flexibility index (Phi) is 3.92. The molecule has 0 saturated carbocycles. The van der Waals surface area contributed by atoms with E-state index in [1.54, 1.807) is 38.3 Å². The number of amides is 1. The minimum Gasteiger partial charge on any atom is -0.444 e. The molecule has 9 nitrogen and oxygen atoms in total. The summed E-state index contributed by atoms with van der Waals surface area (Å²) in [6.07, 6.45) is 1.29. The van der Waals surface area contributed by atoms with E-state index in [0.29, 0.717) is 28.8 Å². The lowest BCUT2D eigenvalue weighted by molar-refractivity contribution is 0.0522. The molecule has 0 radical (unpaired) electrons. The number of fused-ring (bicyclic) bond motifs is 1. The van der Waals surface area contributed by atoms with Gasteiger partial charge in [0.1, 0.15) is 5.60 Å². The highest BCUT2D eigenvalue weighted by atomic mass is 16.6. The number of ether oxygens (including phenoxy) is 1. The van der Waals surface area contributed by atoms with Crippen LogP contribution >= 0.6 is 0 Å². The third-order valence-electron chi connectivity index (χ3n) is 3.05. The van der Waals surface area contributed by atoms with Crippen LogP contribution in [0.25, 0.3) is 17.1 Å². The first-order valence-corrected chi connectivity index (χ1v) is 7.43. The number of aryl methyl sites for hydroxylation is 1. The van der Waals surface area contributed by atoms with Gasteiger partial charge in [0.05, 0.1) is 12.1 Å². The van der Waals surface area contributed by atoms with Crippen molar-refractivity contribution in [2.24, 2.45) is 0 Å². The van der Waals surface area contributed by atoms with Gasteiger partial charge < -0.3 is 14.6 Å². The Morgan fingerprint density at radius 2 is 2.17 bits per heavy atom. The van der Waals surface area contributed by atoms with Crippen molar-refractivity contribution < 1.29 is 14.1 Å². The summed E-state index contributed by atoms with van der Waals surface area (Å²) in [4.78, 5) is 16.0. The number of carbonyl (C=O) groups is 1. The number of nitrogens with one attached hydrogen (secondary N) is 1. The average Bonchev–Trinajstić information content (AvgIpc) is 3.09. The molecule has 0 atom stereocenters. The fraction of sp³-hybridized carbons (Fsp3) is 0.400. The Morgan fingerprint density at radius 1 is 1.38 bits per heavy atom. The van der Waals surface area contributed by atoms with Crippen LogP contribution in [0.5, 0.6) is 0 Å². The molecule has 0 aliphatic carbocycles. The third-order valence-corrected chi connectivity index (χ3v) is 3.05. The van der Waals surface area contributed by atoms with E-state index in [4.69, 9.17) is 9.26 Å². The number of hydrogen-bond donors (Lipinski definition) is 1. The maximum Gasteiger partial charge on any atom is 0.408 e. The Morgan fingerprint density at radius 3 is 2.83 bits per heavy atom. The van der Waals surface area contributed by atoms with Crippen molar-refractivity contribution in [3.63, 3.8) is 0 Å². The molecule has 0 aliphatic rings. The van der Waals surface area contributed by atoms with Gasteiger partial charge in [0.25, 0.3) is 5.89 Å². The highest BCUT2D eigenvalue weighted by Gasteiger charge is 2.18. The summed E-state index contributed by atoms with van der Waals surface area (Å²) in [6, 6.07) is 3.64. The minimum absolute atomic E-state index is 0.183. The highest BCUT2D eigenvalue weighted by molar-refractivity contribution is 5.71. The zero-order valence-corrected chi connectivity index (χ0v) is 13.9. The first-order chi connectivity index (χ1) is 11.3. The van der Waals surface area contributed by atoms with Gasteiger partial charge in [-0.25, -0.2) is 4.79 Å². The van der Waals surface area contributed by atoms with Crippen molar-refractivity contribution in [3.8, 4) is 11.5 Å². The SMILES string of the molecule is Cc1noc(-c2cccn3c(CNC(=O)OC(C)(C)C)nnc23)n1. The van der Waals surface area contributed by atoms with Gasteiger partial charge in [-0.1, -0.05) is 5.16 Å². The molecule has 3 rings (SSSR count). The zero-order chi connectivity index (χ0) is 17.3. The molecule has 0 aliphatic heterocycles. The molecule has 0 fully saturated rings. The molecular weight excluding hydrogens is 312 g/mol. The van der Waals surface area contributed by atoms with Crippen LogP contribution in [0.1, 0.15) is 32.4 Å². The number of pyridine rings is 1. The van der Waals surface area contributed by atoms with Crippen molar-refractivity contribution in [2.45, 2.75) is 39.8 Å². The number of nitrogens with zero attached hydrogens (tertiary/aromatic N) is 5. The number of alkyl carbamates (subject to hydrolysis) is 1. The van der Waals surface area contributed by atoms with Crippen molar-refractivity contribution >= 4 is 11.7 Å². The van der Waals surface area contributed by atoms with Gasteiger partial charge in [-0.2, -0.15) is 4.98 Å². The topological polar surface area (TPSA) is 107 Å². The number of hydrogen-bond acceptors (Lipinski definition) is 7. The summed E-state index contributed by atoms with van der Waals surface area (Å²) in [5.74, 6) is 1.48. The molecule has 0 unspecified atom stereocenters. The van der Waals surface area contributed by atoms with E-state index in [9.17, 15) is 4.79 Å². The largest absolute Gasteiger partial charge is 0.444 e. The van der Waals surface area contributed by atoms with Crippen molar-refractivity contribution in [3.05, 3.63) is 30.0 Å². The Balaban J connectivity index is 1.83. The Hall–Kier alpha value is -2.97. The molecule has 3 aromatic rings. The lowest BCUT2D eigenvalue weighted by atomic mass is 10.2. The predicted molar refractivity (Wildman–Crippen MR) is 84.1 cm³/mol. The summed E-state index contributed by atoms with van der Waals surface area (Å²) in [5, 5.41) is 14.7. The van der Waals surface area contributed by atoms with Crippen molar-refractivity contribution in [1.82, 2.24) is 30.1 Å². The average molecular weight is 330 g/mol. The van der Waals surface area contributed by atoms with Crippen molar-refractivity contribution in [1.29, 1.82) is 0 Å². The fourth-order valence-electron chi connectivity index (χ4n) is 2.12. The van der Waals surface area contributed by atoms with Crippen LogP contribution in [0, 0.1) is 6.92 Å². The second kappa shape index (κ2) is 5.91. The van der Waals surface area contributed by atoms with E-state index in [2.05, 4.69) is 25.7 Å². The summed E-state index contributed by atoms with van der Waals surface area (Å²) in [7, 11) is 0. The molecule has 1 N–H and O–H groups in total. The zero-order valence-electron chi connectivity index (χ0n) is 13.9. The second-order valence-corrected chi connectivity index (χ2v) is 6.23. The first kappa shape index (κ1) is 15.9. The van der Waals surface area contributed by atoms with E-state index in [-0.39, 0.29) is 6.54 Å². The molecule has 1 amide bonds. The van der Waals surface area contributed by atoms with Crippen LogP contribution in [0.15, 0.2) is 22.9 Å². The van der Waals surface area contributed by atoms with E-state index in [0.717, 1.165) is 0 Å². The van der Waals surface area contributed by atoms with Gasteiger partial charge in [0, 0.05) is 6.20 Å². The quantitative estimate of drug-likeness (QED) is 0.783. The molecule has 0 aromatic carbocycles. The van der Waals surface area contributed by atoms with E-state index in [1.807, 2.05) is 12.1 Å². The van der Waals surface area contributed by atoms with E-state index < -0.39 is 11.7 Å². The molecular formula is C15H18N6O3. The summed E-state index contributed by atoms with van der Waals surface area (Å²) < 4.78 is 12.1.